The average Bonchev–Trinajstić information content (AvgIpc) is 2.04. The van der Waals surface area contributed by atoms with Gasteiger partial charge in [0.05, 0.1) is 0 Å². The lowest BCUT2D eigenvalue weighted by atomic mass is 10.5. The van der Waals surface area contributed by atoms with Gasteiger partial charge in [-0.3, -0.25) is 0 Å². The second-order valence-corrected chi connectivity index (χ2v) is 4.60. The average molecular weight is 182 g/mol. The van der Waals surface area contributed by atoms with Crippen LogP contribution in [-0.4, -0.2) is 11.0 Å². The van der Waals surface area contributed by atoms with Gasteiger partial charge in [0.1, 0.15) is 21.9 Å². The molecule has 1 rings (SSSR count). The van der Waals surface area contributed by atoms with Crippen LogP contribution in [0.5, 0.6) is 0 Å². The maximum Gasteiger partial charge on any atom is 0.109 e. The number of allylic oxidation sites excluding steroid dienone is 2. The Bertz CT molecular complexity index is 269. The van der Waals surface area contributed by atoms with E-state index < -0.39 is 0 Å². The lowest BCUT2D eigenvalue weighted by Gasteiger charge is -2.15. The first-order chi connectivity index (χ1) is 5.27. The van der Waals surface area contributed by atoms with E-state index in [0.29, 0.717) is 15.1 Å². The molecule has 2 nitrogen and oxygen atoms in total. The van der Waals surface area contributed by atoms with Crippen molar-refractivity contribution in [2.45, 2.75) is 12.2 Å². The van der Waals surface area contributed by atoms with Crippen molar-refractivity contribution in [1.29, 1.82) is 10.5 Å². The number of nitriles is 2. The van der Waals surface area contributed by atoms with Crippen LogP contribution < -0.4 is 0 Å². The van der Waals surface area contributed by atoms with Gasteiger partial charge in [-0.2, -0.15) is 10.5 Å². The van der Waals surface area contributed by atoms with Crippen molar-refractivity contribution >= 4 is 23.5 Å². The Morgan fingerprint density at radius 3 is 2.55 bits per heavy atom. The Balaban J connectivity index is 2.88. The van der Waals surface area contributed by atoms with Gasteiger partial charge in [-0.15, -0.1) is 23.5 Å². The van der Waals surface area contributed by atoms with E-state index in [1.54, 1.807) is 0 Å². The fourth-order valence-electron chi connectivity index (χ4n) is 0.715. The molecular formula is C7H6N2S2. The molecule has 1 heterocycles. The Morgan fingerprint density at radius 1 is 1.36 bits per heavy atom. The largest absolute Gasteiger partial charge is 0.192 e. The van der Waals surface area contributed by atoms with Crippen molar-refractivity contribution in [2.75, 3.05) is 5.75 Å². The summed E-state index contributed by atoms with van der Waals surface area (Å²) in [6, 6.07) is 4.06. The van der Waals surface area contributed by atoms with Crippen LogP contribution in [0.3, 0.4) is 0 Å². The molecule has 0 aromatic heterocycles. The molecule has 0 aliphatic carbocycles. The molecule has 0 radical (unpaired) electrons. The van der Waals surface area contributed by atoms with Gasteiger partial charge in [-0.25, -0.2) is 0 Å². The monoisotopic (exact) mass is 182 g/mol. The van der Waals surface area contributed by atoms with Gasteiger partial charge in [-0.1, -0.05) is 6.92 Å². The maximum atomic E-state index is 8.62. The highest BCUT2D eigenvalue weighted by Gasteiger charge is 2.18. The van der Waals surface area contributed by atoms with E-state index in [1.165, 1.54) is 23.5 Å². The first-order valence-corrected chi connectivity index (χ1v) is 4.98. The third-order valence-electron chi connectivity index (χ3n) is 1.19. The van der Waals surface area contributed by atoms with E-state index in [9.17, 15) is 0 Å². The molecule has 0 saturated heterocycles. The molecule has 1 aliphatic heterocycles. The van der Waals surface area contributed by atoms with Gasteiger partial charge in [0.2, 0.25) is 0 Å². The number of rotatable bonds is 0. The van der Waals surface area contributed by atoms with Gasteiger partial charge in [0, 0.05) is 11.0 Å². The van der Waals surface area contributed by atoms with E-state index in [-0.39, 0.29) is 0 Å². The highest BCUT2D eigenvalue weighted by Crippen LogP contribution is 2.37. The van der Waals surface area contributed by atoms with Crippen molar-refractivity contribution in [2.24, 2.45) is 0 Å². The van der Waals surface area contributed by atoms with Gasteiger partial charge in [0.25, 0.3) is 0 Å². The standard InChI is InChI=1S/C7H6N2S2/c1-5-4-10-6(2-8)7(3-9)11-5/h5H,4H2,1H3. The molecule has 0 amide bonds. The van der Waals surface area contributed by atoms with Crippen molar-refractivity contribution in [3.05, 3.63) is 9.81 Å². The number of hydrogen-bond donors (Lipinski definition) is 0. The Hall–Kier alpha value is -0.580. The predicted molar refractivity (Wildman–Crippen MR) is 47.8 cm³/mol. The summed E-state index contributed by atoms with van der Waals surface area (Å²) in [5.74, 6) is 0.929. The van der Waals surface area contributed by atoms with E-state index >= 15 is 0 Å². The Labute approximate surface area is 74.3 Å². The van der Waals surface area contributed by atoms with Crippen molar-refractivity contribution in [3.8, 4) is 12.1 Å². The lowest BCUT2D eigenvalue weighted by Crippen LogP contribution is -2.05. The van der Waals surface area contributed by atoms with Crippen LogP contribution >= 0.6 is 23.5 Å². The number of nitrogens with zero attached hydrogens (tertiary/aromatic N) is 2. The van der Waals surface area contributed by atoms with Crippen molar-refractivity contribution in [1.82, 2.24) is 0 Å². The van der Waals surface area contributed by atoms with Crippen molar-refractivity contribution in [3.63, 3.8) is 0 Å². The van der Waals surface area contributed by atoms with E-state index in [4.69, 9.17) is 10.5 Å². The maximum absolute atomic E-state index is 8.62. The smallest absolute Gasteiger partial charge is 0.109 e. The molecule has 1 unspecified atom stereocenters. The Kier molecular flexibility index (Phi) is 2.87. The molecule has 0 bridgehead atoms. The minimum Gasteiger partial charge on any atom is -0.192 e. The third-order valence-corrected chi connectivity index (χ3v) is 3.88. The minimum absolute atomic E-state index is 0.451. The Morgan fingerprint density at radius 2 is 2.00 bits per heavy atom. The summed E-state index contributed by atoms with van der Waals surface area (Å²) in [6.45, 7) is 2.06. The summed E-state index contributed by atoms with van der Waals surface area (Å²) in [5.41, 5.74) is 0. The zero-order chi connectivity index (χ0) is 8.27. The lowest BCUT2D eigenvalue weighted by molar-refractivity contribution is 1.13. The second-order valence-electron chi connectivity index (χ2n) is 2.12. The van der Waals surface area contributed by atoms with E-state index in [2.05, 4.69) is 6.92 Å². The summed E-state index contributed by atoms with van der Waals surface area (Å²) in [5, 5.41) is 17.7. The zero-order valence-corrected chi connectivity index (χ0v) is 7.63. The predicted octanol–water partition coefficient (Wildman–Crippen LogP) is 2.11. The molecule has 11 heavy (non-hydrogen) atoms. The molecule has 0 saturated carbocycles. The zero-order valence-electron chi connectivity index (χ0n) is 6.00. The summed E-state index contributed by atoms with van der Waals surface area (Å²) in [4.78, 5) is 1.16. The molecular weight excluding hydrogens is 176 g/mol. The summed E-state index contributed by atoms with van der Waals surface area (Å²) < 4.78 is 0. The van der Waals surface area contributed by atoms with Gasteiger partial charge in [-0.05, 0) is 0 Å². The minimum atomic E-state index is 0.451. The topological polar surface area (TPSA) is 47.6 Å². The number of thioether (sulfide) groups is 2. The quantitative estimate of drug-likeness (QED) is 0.575. The summed E-state index contributed by atoms with van der Waals surface area (Å²) in [6.07, 6.45) is 0. The highest BCUT2D eigenvalue weighted by atomic mass is 32.2. The van der Waals surface area contributed by atoms with Crippen LogP contribution in [0.25, 0.3) is 0 Å². The fraction of sp³-hybridized carbons (Fsp3) is 0.429. The normalized spacial score (nSPS) is 24.1. The first kappa shape index (κ1) is 8.52. The van der Waals surface area contributed by atoms with Gasteiger partial charge in [0.15, 0.2) is 0 Å². The van der Waals surface area contributed by atoms with Crippen LogP contribution in [0.1, 0.15) is 6.92 Å². The summed E-state index contributed by atoms with van der Waals surface area (Å²) >= 11 is 2.97. The fourth-order valence-corrected chi connectivity index (χ4v) is 2.76. The molecule has 56 valence electrons. The molecule has 0 aromatic carbocycles. The number of hydrogen-bond acceptors (Lipinski definition) is 4. The molecule has 0 N–H and O–H groups in total. The van der Waals surface area contributed by atoms with E-state index in [1.807, 2.05) is 12.1 Å². The van der Waals surface area contributed by atoms with Crippen LogP contribution in [0, 0.1) is 22.7 Å². The molecule has 4 heteroatoms. The van der Waals surface area contributed by atoms with E-state index in [0.717, 1.165) is 5.75 Å². The van der Waals surface area contributed by atoms with Crippen LogP contribution in [0.2, 0.25) is 0 Å². The molecule has 1 atom stereocenters. The molecule has 1 aliphatic rings. The first-order valence-electron chi connectivity index (χ1n) is 3.12. The van der Waals surface area contributed by atoms with Gasteiger partial charge >= 0.3 is 0 Å². The van der Waals surface area contributed by atoms with Crippen LogP contribution in [0.15, 0.2) is 9.81 Å². The molecule has 0 spiro atoms. The molecule has 0 fully saturated rings. The van der Waals surface area contributed by atoms with Crippen LogP contribution in [0.4, 0.5) is 0 Å². The summed E-state index contributed by atoms with van der Waals surface area (Å²) in [7, 11) is 0. The van der Waals surface area contributed by atoms with Gasteiger partial charge < -0.3 is 0 Å². The third kappa shape index (κ3) is 1.92. The molecule has 0 aromatic rings. The second kappa shape index (κ2) is 3.71. The SMILES string of the molecule is CC1CSC(C#N)=C(C#N)S1. The van der Waals surface area contributed by atoms with Crippen molar-refractivity contribution < 1.29 is 0 Å². The van der Waals surface area contributed by atoms with Crippen LogP contribution in [-0.2, 0) is 0 Å². The highest BCUT2D eigenvalue weighted by molar-refractivity contribution is 8.10.